The fourth-order valence-corrected chi connectivity index (χ4v) is 3.42. The maximum absolute atomic E-state index is 13.2. The summed E-state index contributed by atoms with van der Waals surface area (Å²) in [6.07, 6.45) is 0.806. The smallest absolute Gasteiger partial charge is 0.355 e. The number of Topliss-reactive ketones (excluding diaryl/α,β-unsaturated/α-hetero) is 1. The lowest BCUT2D eigenvalue weighted by atomic mass is 10.0. The molecule has 0 unspecified atom stereocenters. The van der Waals surface area contributed by atoms with Gasteiger partial charge in [-0.1, -0.05) is 13.8 Å². The third-order valence-corrected chi connectivity index (χ3v) is 4.84. The molecule has 0 aliphatic carbocycles. The highest BCUT2D eigenvalue weighted by Crippen LogP contribution is 2.24. The average molecular weight is 408 g/mol. The average Bonchev–Trinajstić information content (AvgIpc) is 2.87. The van der Waals surface area contributed by atoms with Gasteiger partial charge in [0.25, 0.3) is 0 Å². The number of rotatable bonds is 10. The number of carbonyl (C=O) groups excluding carboxylic acids is 3. The van der Waals surface area contributed by atoms with Crippen LogP contribution in [0.1, 0.15) is 80.1 Å². The molecule has 7 nitrogen and oxygen atoms in total. The van der Waals surface area contributed by atoms with Crippen LogP contribution >= 0.6 is 0 Å². The number of ketones is 1. The van der Waals surface area contributed by atoms with Gasteiger partial charge in [0, 0.05) is 30.4 Å². The summed E-state index contributed by atoms with van der Waals surface area (Å²) in [6.45, 7) is 16.5. The predicted molar refractivity (Wildman–Crippen MR) is 115 cm³/mol. The molecule has 29 heavy (non-hydrogen) atoms. The molecule has 0 atom stereocenters. The summed E-state index contributed by atoms with van der Waals surface area (Å²) in [7, 11) is 0. The van der Waals surface area contributed by atoms with Crippen molar-refractivity contribution in [3.63, 3.8) is 0 Å². The topological polar surface area (TPSA) is 80.6 Å². The number of ether oxygens (including phenoxy) is 1. The maximum Gasteiger partial charge on any atom is 0.355 e. The molecule has 1 aromatic heterocycles. The van der Waals surface area contributed by atoms with Gasteiger partial charge in [0.05, 0.1) is 13.2 Å². The van der Waals surface area contributed by atoms with Gasteiger partial charge in [0.15, 0.2) is 5.78 Å². The zero-order chi connectivity index (χ0) is 22.3. The second-order valence-electron chi connectivity index (χ2n) is 8.03. The van der Waals surface area contributed by atoms with E-state index in [0.29, 0.717) is 35.8 Å². The van der Waals surface area contributed by atoms with Crippen molar-refractivity contribution in [1.29, 1.82) is 0 Å². The molecule has 0 bridgehead atoms. The van der Waals surface area contributed by atoms with Crippen LogP contribution < -0.4 is 5.32 Å². The van der Waals surface area contributed by atoms with Crippen molar-refractivity contribution < 1.29 is 19.1 Å². The van der Waals surface area contributed by atoms with Gasteiger partial charge in [-0.2, -0.15) is 0 Å². The molecule has 0 radical (unpaired) electrons. The van der Waals surface area contributed by atoms with E-state index in [9.17, 15) is 14.4 Å². The molecule has 0 fully saturated rings. The van der Waals surface area contributed by atoms with Gasteiger partial charge in [-0.15, -0.1) is 0 Å². The van der Waals surface area contributed by atoms with Crippen LogP contribution in [-0.2, 0) is 11.3 Å². The molecule has 0 spiro atoms. The first kappa shape index (κ1) is 24.7. The van der Waals surface area contributed by atoms with Gasteiger partial charge >= 0.3 is 12.0 Å². The van der Waals surface area contributed by atoms with Crippen molar-refractivity contribution in [3.8, 4) is 0 Å². The summed E-state index contributed by atoms with van der Waals surface area (Å²) in [5, 5.41) is 2.87. The number of hydrogen-bond donors (Lipinski definition) is 1. The van der Waals surface area contributed by atoms with Gasteiger partial charge in [-0.25, -0.2) is 9.59 Å². The van der Waals surface area contributed by atoms with Crippen molar-refractivity contribution >= 4 is 17.8 Å². The second kappa shape index (κ2) is 11.0. The summed E-state index contributed by atoms with van der Waals surface area (Å²) >= 11 is 0. The van der Waals surface area contributed by atoms with Gasteiger partial charge in [0.2, 0.25) is 0 Å². The first-order chi connectivity index (χ1) is 13.5. The highest BCUT2D eigenvalue weighted by atomic mass is 16.5. The Balaban J connectivity index is 3.22. The van der Waals surface area contributed by atoms with Crippen molar-refractivity contribution in [2.45, 2.75) is 74.4 Å². The molecule has 1 N–H and O–H groups in total. The van der Waals surface area contributed by atoms with E-state index >= 15 is 0 Å². The van der Waals surface area contributed by atoms with E-state index in [-0.39, 0.29) is 31.0 Å². The molecule has 0 aliphatic rings. The number of nitrogens with zero attached hydrogens (tertiary/aromatic N) is 2. The second-order valence-corrected chi connectivity index (χ2v) is 8.03. The monoisotopic (exact) mass is 407 g/mol. The number of aromatic nitrogens is 1. The summed E-state index contributed by atoms with van der Waals surface area (Å²) in [5.74, 6) is -0.178. The van der Waals surface area contributed by atoms with Gasteiger partial charge in [-0.05, 0) is 59.4 Å². The molecule has 0 aromatic carbocycles. The van der Waals surface area contributed by atoms with E-state index in [1.165, 1.54) is 0 Å². The summed E-state index contributed by atoms with van der Waals surface area (Å²) in [4.78, 5) is 39.8. The Morgan fingerprint density at radius 3 is 2.21 bits per heavy atom. The van der Waals surface area contributed by atoms with Crippen LogP contribution in [0, 0.1) is 19.8 Å². The molecule has 1 rings (SSSR count). The fraction of sp³-hybridized carbons (Fsp3) is 0.682. The van der Waals surface area contributed by atoms with Gasteiger partial charge < -0.3 is 19.5 Å². The summed E-state index contributed by atoms with van der Waals surface area (Å²) in [5.41, 5.74) is 2.25. The molecule has 1 aromatic rings. The van der Waals surface area contributed by atoms with E-state index in [0.717, 1.165) is 12.1 Å². The van der Waals surface area contributed by atoms with E-state index in [2.05, 4.69) is 19.2 Å². The van der Waals surface area contributed by atoms with Crippen molar-refractivity contribution in [2.75, 3.05) is 19.7 Å². The SMILES string of the molecule is CCOC(=O)c1c(C)c(C(=O)CN(CCC(C)C)C(=O)NC(C)C)c(C)n1CC. The molecule has 0 aliphatic heterocycles. The number of carbonyl (C=O) groups is 3. The minimum atomic E-state index is -0.428. The van der Waals surface area contributed by atoms with Crippen LogP contribution in [0.4, 0.5) is 4.79 Å². The van der Waals surface area contributed by atoms with E-state index in [4.69, 9.17) is 4.74 Å². The molecular formula is C22H37N3O4. The van der Waals surface area contributed by atoms with E-state index in [1.54, 1.807) is 18.7 Å². The van der Waals surface area contributed by atoms with Crippen LogP contribution in [0.3, 0.4) is 0 Å². The lowest BCUT2D eigenvalue weighted by Crippen LogP contribution is -2.46. The number of nitrogens with one attached hydrogen (secondary N) is 1. The first-order valence-corrected chi connectivity index (χ1v) is 10.5. The van der Waals surface area contributed by atoms with Crippen molar-refractivity contribution in [1.82, 2.24) is 14.8 Å². The third-order valence-electron chi connectivity index (χ3n) is 4.84. The van der Waals surface area contributed by atoms with Crippen LogP contribution in [-0.4, -0.2) is 53.0 Å². The largest absolute Gasteiger partial charge is 0.461 e. The number of esters is 1. The molecule has 0 saturated carbocycles. The van der Waals surface area contributed by atoms with Crippen molar-refractivity contribution in [3.05, 3.63) is 22.5 Å². The standard InChI is InChI=1S/C22H37N3O4/c1-9-25-17(8)19(16(7)20(25)21(27)29-10-2)18(26)13-24(12-11-14(3)4)22(28)23-15(5)6/h14-15H,9-13H2,1-8H3,(H,23,28). The minimum Gasteiger partial charge on any atom is -0.461 e. The first-order valence-electron chi connectivity index (χ1n) is 10.5. The van der Waals surface area contributed by atoms with Gasteiger partial charge in [-0.3, -0.25) is 4.79 Å². The summed E-state index contributed by atoms with van der Waals surface area (Å²) in [6, 6.07) is -0.260. The van der Waals surface area contributed by atoms with Crippen molar-refractivity contribution in [2.24, 2.45) is 5.92 Å². The zero-order valence-corrected chi connectivity index (χ0v) is 19.2. The molecule has 164 valence electrons. The predicted octanol–water partition coefficient (Wildman–Crippen LogP) is 3.95. The Hall–Kier alpha value is -2.31. The Kier molecular flexibility index (Phi) is 9.40. The highest BCUT2D eigenvalue weighted by Gasteiger charge is 2.28. The Morgan fingerprint density at radius 2 is 1.72 bits per heavy atom. The molecule has 0 saturated heterocycles. The normalized spacial score (nSPS) is 11.1. The minimum absolute atomic E-state index is 0.0146. The quantitative estimate of drug-likeness (QED) is 0.470. The van der Waals surface area contributed by atoms with Crippen LogP contribution in [0.25, 0.3) is 0 Å². The third kappa shape index (κ3) is 6.34. The lowest BCUT2D eigenvalue weighted by molar-refractivity contribution is 0.0512. The van der Waals surface area contributed by atoms with Crippen LogP contribution in [0.5, 0.6) is 0 Å². The lowest BCUT2D eigenvalue weighted by Gasteiger charge is -2.24. The van der Waals surface area contributed by atoms with Gasteiger partial charge in [0.1, 0.15) is 5.69 Å². The Labute approximate surface area is 174 Å². The Morgan fingerprint density at radius 1 is 1.10 bits per heavy atom. The number of amides is 2. The fourth-order valence-electron chi connectivity index (χ4n) is 3.42. The van der Waals surface area contributed by atoms with E-state index < -0.39 is 5.97 Å². The highest BCUT2D eigenvalue weighted by molar-refractivity contribution is 6.04. The molecule has 1 heterocycles. The van der Waals surface area contributed by atoms with Crippen LogP contribution in [0.2, 0.25) is 0 Å². The Bertz CT molecular complexity index is 735. The van der Waals surface area contributed by atoms with Crippen LogP contribution in [0.15, 0.2) is 0 Å². The maximum atomic E-state index is 13.2. The molecule has 2 amide bonds. The molecular weight excluding hydrogens is 370 g/mol. The number of hydrogen-bond acceptors (Lipinski definition) is 4. The number of urea groups is 1. The summed E-state index contributed by atoms with van der Waals surface area (Å²) < 4.78 is 6.99. The molecule has 7 heteroatoms. The zero-order valence-electron chi connectivity index (χ0n) is 19.2. The van der Waals surface area contributed by atoms with E-state index in [1.807, 2.05) is 32.3 Å².